The third kappa shape index (κ3) is 4.70. The van der Waals surface area contributed by atoms with Crippen molar-refractivity contribution in [3.8, 4) is 0 Å². The van der Waals surface area contributed by atoms with Crippen LogP contribution in [0.15, 0.2) is 6.20 Å². The van der Waals surface area contributed by atoms with Crippen molar-refractivity contribution in [2.45, 2.75) is 39.7 Å². The first-order valence-corrected chi connectivity index (χ1v) is 7.62. The van der Waals surface area contributed by atoms with E-state index in [1.165, 1.54) is 6.20 Å². The van der Waals surface area contributed by atoms with Crippen molar-refractivity contribution in [3.05, 3.63) is 17.7 Å². The average molecular weight is 282 g/mol. The smallest absolute Gasteiger partial charge is 0.272 e. The van der Waals surface area contributed by atoms with Gasteiger partial charge in [0.05, 0.1) is 11.9 Å². The monoisotopic (exact) mass is 282 g/mol. The number of aromatic nitrogens is 2. The molecule has 3 N–H and O–H groups in total. The zero-order valence-electron chi connectivity index (χ0n) is 11.9. The van der Waals surface area contributed by atoms with Gasteiger partial charge in [-0.05, 0) is 12.7 Å². The first-order chi connectivity index (χ1) is 8.95. The molecule has 0 saturated carbocycles. The summed E-state index contributed by atoms with van der Waals surface area (Å²) >= 11 is 1.79. The Morgan fingerprint density at radius 2 is 2.16 bits per heavy atom. The summed E-state index contributed by atoms with van der Waals surface area (Å²) in [6, 6.07) is 0.0920. The van der Waals surface area contributed by atoms with Gasteiger partial charge in [0, 0.05) is 17.7 Å². The van der Waals surface area contributed by atoms with E-state index < -0.39 is 0 Å². The van der Waals surface area contributed by atoms with E-state index >= 15 is 0 Å². The molecule has 1 amide bonds. The van der Waals surface area contributed by atoms with Gasteiger partial charge in [0.1, 0.15) is 5.82 Å². The number of nitrogens with one attached hydrogen (secondary N) is 1. The van der Waals surface area contributed by atoms with E-state index in [-0.39, 0.29) is 23.6 Å². The standard InChI is InChI=1S/C13H22N4OS/c1-5-19-7-9(4)16-13(18)11-10(14)6-15-12(17-11)8(2)3/h6,8-9H,5,7,14H2,1-4H3,(H,16,18). The Bertz CT molecular complexity index is 437. The number of amides is 1. The van der Waals surface area contributed by atoms with Gasteiger partial charge in [0.25, 0.3) is 5.91 Å². The SMILES string of the molecule is CCSCC(C)NC(=O)c1nc(C(C)C)ncc1N. The van der Waals surface area contributed by atoms with Gasteiger partial charge in [-0.3, -0.25) is 4.79 Å². The van der Waals surface area contributed by atoms with Crippen molar-refractivity contribution < 1.29 is 4.79 Å². The summed E-state index contributed by atoms with van der Waals surface area (Å²) in [7, 11) is 0. The molecule has 1 atom stereocenters. The van der Waals surface area contributed by atoms with Crippen LogP contribution in [0.5, 0.6) is 0 Å². The highest BCUT2D eigenvalue weighted by atomic mass is 32.2. The fourth-order valence-corrected chi connectivity index (χ4v) is 2.17. The van der Waals surface area contributed by atoms with Crippen LogP contribution < -0.4 is 11.1 Å². The number of carbonyl (C=O) groups excluding carboxylic acids is 1. The highest BCUT2D eigenvalue weighted by Crippen LogP contribution is 2.13. The highest BCUT2D eigenvalue weighted by Gasteiger charge is 2.16. The minimum Gasteiger partial charge on any atom is -0.396 e. The first-order valence-electron chi connectivity index (χ1n) is 6.46. The molecule has 19 heavy (non-hydrogen) atoms. The normalized spacial score (nSPS) is 12.5. The number of hydrogen-bond donors (Lipinski definition) is 2. The lowest BCUT2D eigenvalue weighted by Gasteiger charge is -2.14. The van der Waals surface area contributed by atoms with Crippen LogP contribution in [0, 0.1) is 0 Å². The topological polar surface area (TPSA) is 80.9 Å². The van der Waals surface area contributed by atoms with Crippen LogP contribution in [0.3, 0.4) is 0 Å². The summed E-state index contributed by atoms with van der Waals surface area (Å²) < 4.78 is 0. The molecule has 1 unspecified atom stereocenters. The molecule has 1 heterocycles. The molecule has 0 aromatic carbocycles. The van der Waals surface area contributed by atoms with E-state index in [1.807, 2.05) is 20.8 Å². The first kappa shape index (κ1) is 15.8. The Labute approximate surface area is 118 Å². The number of hydrogen-bond acceptors (Lipinski definition) is 5. The Balaban J connectivity index is 2.78. The Morgan fingerprint density at radius 3 is 2.74 bits per heavy atom. The second-order valence-corrected chi connectivity index (χ2v) is 6.04. The molecule has 0 aliphatic carbocycles. The van der Waals surface area contributed by atoms with Crippen LogP contribution in [-0.2, 0) is 0 Å². The summed E-state index contributed by atoms with van der Waals surface area (Å²) in [5.74, 6) is 2.48. The fraction of sp³-hybridized carbons (Fsp3) is 0.615. The summed E-state index contributed by atoms with van der Waals surface area (Å²) in [6.45, 7) is 8.03. The summed E-state index contributed by atoms with van der Waals surface area (Å²) in [5.41, 5.74) is 6.36. The predicted octanol–water partition coefficient (Wildman–Crippen LogP) is 2.05. The zero-order valence-corrected chi connectivity index (χ0v) is 12.8. The molecule has 0 spiro atoms. The van der Waals surface area contributed by atoms with E-state index in [4.69, 9.17) is 5.73 Å². The molecular formula is C13H22N4OS. The van der Waals surface area contributed by atoms with Crippen LogP contribution in [0.1, 0.15) is 49.9 Å². The van der Waals surface area contributed by atoms with Gasteiger partial charge >= 0.3 is 0 Å². The van der Waals surface area contributed by atoms with Crippen LogP contribution in [-0.4, -0.2) is 33.4 Å². The molecule has 1 rings (SSSR count). The van der Waals surface area contributed by atoms with Gasteiger partial charge in [0.2, 0.25) is 0 Å². The number of carbonyl (C=O) groups is 1. The Kier molecular flexibility index (Phi) is 6.08. The second-order valence-electron chi connectivity index (χ2n) is 4.72. The Morgan fingerprint density at radius 1 is 1.47 bits per heavy atom. The molecule has 6 heteroatoms. The molecule has 0 aliphatic heterocycles. The molecule has 0 bridgehead atoms. The van der Waals surface area contributed by atoms with E-state index in [0.717, 1.165) is 11.5 Å². The zero-order chi connectivity index (χ0) is 14.4. The minimum atomic E-state index is -0.231. The molecule has 106 valence electrons. The van der Waals surface area contributed by atoms with E-state index in [1.54, 1.807) is 11.8 Å². The molecule has 0 fully saturated rings. The molecule has 0 aliphatic rings. The number of nitrogen functional groups attached to an aromatic ring is 1. The third-order valence-corrected chi connectivity index (χ3v) is 3.66. The number of rotatable bonds is 6. The predicted molar refractivity (Wildman–Crippen MR) is 80.5 cm³/mol. The van der Waals surface area contributed by atoms with Crippen molar-refractivity contribution in [2.24, 2.45) is 0 Å². The van der Waals surface area contributed by atoms with Gasteiger partial charge < -0.3 is 11.1 Å². The van der Waals surface area contributed by atoms with Crippen molar-refractivity contribution in [3.63, 3.8) is 0 Å². The number of anilines is 1. The molecule has 0 radical (unpaired) electrons. The molecule has 1 aromatic rings. The number of nitrogens with zero attached hydrogens (tertiary/aromatic N) is 2. The van der Waals surface area contributed by atoms with E-state index in [0.29, 0.717) is 11.5 Å². The largest absolute Gasteiger partial charge is 0.396 e. The maximum atomic E-state index is 12.1. The van der Waals surface area contributed by atoms with Crippen molar-refractivity contribution in [1.82, 2.24) is 15.3 Å². The number of thioether (sulfide) groups is 1. The summed E-state index contributed by atoms with van der Waals surface area (Å²) in [4.78, 5) is 20.5. The third-order valence-electron chi connectivity index (χ3n) is 2.52. The fourth-order valence-electron chi connectivity index (χ4n) is 1.49. The average Bonchev–Trinajstić information content (AvgIpc) is 2.36. The van der Waals surface area contributed by atoms with Gasteiger partial charge in [-0.15, -0.1) is 0 Å². The molecule has 5 nitrogen and oxygen atoms in total. The van der Waals surface area contributed by atoms with Gasteiger partial charge in [0.15, 0.2) is 5.69 Å². The quantitative estimate of drug-likeness (QED) is 0.834. The Hall–Kier alpha value is -1.30. The maximum absolute atomic E-state index is 12.1. The van der Waals surface area contributed by atoms with Crippen molar-refractivity contribution in [2.75, 3.05) is 17.2 Å². The van der Waals surface area contributed by atoms with Crippen molar-refractivity contribution in [1.29, 1.82) is 0 Å². The highest BCUT2D eigenvalue weighted by molar-refractivity contribution is 7.99. The molecular weight excluding hydrogens is 260 g/mol. The maximum Gasteiger partial charge on any atom is 0.272 e. The molecule has 1 aromatic heterocycles. The lowest BCUT2D eigenvalue weighted by molar-refractivity contribution is 0.0939. The van der Waals surface area contributed by atoms with Gasteiger partial charge in [-0.25, -0.2) is 9.97 Å². The summed E-state index contributed by atoms with van der Waals surface area (Å²) in [6.07, 6.45) is 1.50. The van der Waals surface area contributed by atoms with Gasteiger partial charge in [-0.2, -0.15) is 11.8 Å². The minimum absolute atomic E-state index is 0.0920. The lowest BCUT2D eigenvalue weighted by atomic mass is 10.2. The van der Waals surface area contributed by atoms with Crippen LogP contribution in [0.25, 0.3) is 0 Å². The van der Waals surface area contributed by atoms with E-state index in [9.17, 15) is 4.79 Å². The lowest BCUT2D eigenvalue weighted by Crippen LogP contribution is -2.35. The van der Waals surface area contributed by atoms with E-state index in [2.05, 4.69) is 22.2 Å². The van der Waals surface area contributed by atoms with Crippen LogP contribution >= 0.6 is 11.8 Å². The summed E-state index contributed by atoms with van der Waals surface area (Å²) in [5, 5.41) is 2.91. The number of nitrogens with two attached hydrogens (primary N) is 1. The van der Waals surface area contributed by atoms with Crippen LogP contribution in [0.2, 0.25) is 0 Å². The molecule has 0 saturated heterocycles. The van der Waals surface area contributed by atoms with Gasteiger partial charge in [-0.1, -0.05) is 20.8 Å². The van der Waals surface area contributed by atoms with Crippen molar-refractivity contribution >= 4 is 23.4 Å². The second kappa shape index (κ2) is 7.33. The van der Waals surface area contributed by atoms with Crippen LogP contribution in [0.4, 0.5) is 5.69 Å².